The second-order valence-corrected chi connectivity index (χ2v) is 4.95. The van der Waals surface area contributed by atoms with Gasteiger partial charge in [-0.15, -0.1) is 10.2 Å². The number of nitrogens with zero attached hydrogens (tertiary/aromatic N) is 2. The molecule has 1 aromatic heterocycles. The highest BCUT2D eigenvalue weighted by atomic mass is 16.4. The molecular formula is C16H21N3O2. The van der Waals surface area contributed by atoms with Crippen LogP contribution in [0.4, 0.5) is 0 Å². The Hall–Kier alpha value is -2.17. The number of unbranched alkanes of at least 4 members (excludes halogenated alkanes) is 2. The fourth-order valence-electron chi connectivity index (χ4n) is 1.99. The van der Waals surface area contributed by atoms with Crippen molar-refractivity contribution in [1.29, 1.82) is 0 Å². The zero-order valence-corrected chi connectivity index (χ0v) is 12.3. The number of aromatic nitrogens is 2. The summed E-state index contributed by atoms with van der Waals surface area (Å²) < 4.78 is 5.39. The molecule has 0 aliphatic rings. The number of amides is 1. The summed E-state index contributed by atoms with van der Waals surface area (Å²) in [6, 6.07) is 10.1. The highest BCUT2D eigenvalue weighted by Crippen LogP contribution is 2.06. The normalized spacial score (nSPS) is 10.5. The molecule has 0 unspecified atom stereocenters. The number of nitrogens with one attached hydrogen (secondary N) is 1. The molecule has 0 saturated heterocycles. The van der Waals surface area contributed by atoms with Crippen LogP contribution in [0.3, 0.4) is 0 Å². The summed E-state index contributed by atoms with van der Waals surface area (Å²) in [4.78, 5) is 11.8. The molecule has 0 atom stereocenters. The van der Waals surface area contributed by atoms with E-state index in [1.807, 2.05) is 18.2 Å². The molecule has 0 radical (unpaired) electrons. The van der Waals surface area contributed by atoms with Gasteiger partial charge >= 0.3 is 11.8 Å². The predicted molar refractivity (Wildman–Crippen MR) is 80.0 cm³/mol. The second-order valence-electron chi connectivity index (χ2n) is 4.95. The van der Waals surface area contributed by atoms with E-state index in [-0.39, 0.29) is 11.8 Å². The van der Waals surface area contributed by atoms with Gasteiger partial charge in [-0.1, -0.05) is 50.1 Å². The van der Waals surface area contributed by atoms with Crippen molar-refractivity contribution < 1.29 is 9.21 Å². The molecule has 0 aliphatic heterocycles. The van der Waals surface area contributed by atoms with Gasteiger partial charge in [0.25, 0.3) is 0 Å². The van der Waals surface area contributed by atoms with Crippen molar-refractivity contribution in [3.63, 3.8) is 0 Å². The van der Waals surface area contributed by atoms with E-state index < -0.39 is 0 Å². The Balaban J connectivity index is 1.79. The molecule has 1 N–H and O–H groups in total. The van der Waals surface area contributed by atoms with E-state index in [4.69, 9.17) is 4.42 Å². The summed E-state index contributed by atoms with van der Waals surface area (Å²) in [5, 5.41) is 10.5. The van der Waals surface area contributed by atoms with Crippen LogP contribution < -0.4 is 5.32 Å². The first-order valence-electron chi connectivity index (χ1n) is 7.44. The fourth-order valence-corrected chi connectivity index (χ4v) is 1.99. The van der Waals surface area contributed by atoms with Crippen molar-refractivity contribution in [2.45, 2.75) is 39.0 Å². The monoisotopic (exact) mass is 287 g/mol. The van der Waals surface area contributed by atoms with Crippen LogP contribution in [0.25, 0.3) is 0 Å². The molecule has 1 amide bonds. The molecular weight excluding hydrogens is 266 g/mol. The summed E-state index contributed by atoms with van der Waals surface area (Å²) in [5.74, 6) is 0.261. The van der Waals surface area contributed by atoms with Crippen molar-refractivity contribution in [1.82, 2.24) is 15.5 Å². The highest BCUT2D eigenvalue weighted by Gasteiger charge is 2.13. The molecule has 112 valence electrons. The molecule has 2 aromatic rings. The van der Waals surface area contributed by atoms with Crippen molar-refractivity contribution in [2.75, 3.05) is 6.54 Å². The van der Waals surface area contributed by atoms with Gasteiger partial charge in [0.1, 0.15) is 0 Å². The summed E-state index contributed by atoms with van der Waals surface area (Å²) in [6.45, 7) is 2.77. The Labute approximate surface area is 124 Å². The van der Waals surface area contributed by atoms with Crippen LogP contribution in [-0.4, -0.2) is 22.6 Å². The van der Waals surface area contributed by atoms with Crippen molar-refractivity contribution in [2.24, 2.45) is 0 Å². The maximum absolute atomic E-state index is 11.8. The summed E-state index contributed by atoms with van der Waals surface area (Å²) >= 11 is 0. The van der Waals surface area contributed by atoms with Gasteiger partial charge in [-0.05, 0) is 18.4 Å². The van der Waals surface area contributed by atoms with Crippen LogP contribution in [0.5, 0.6) is 0 Å². The largest absolute Gasteiger partial charge is 0.417 e. The molecule has 0 spiro atoms. The van der Waals surface area contributed by atoms with Gasteiger partial charge in [-0.3, -0.25) is 4.79 Å². The molecule has 21 heavy (non-hydrogen) atoms. The van der Waals surface area contributed by atoms with Crippen LogP contribution in [0.1, 0.15) is 48.3 Å². The van der Waals surface area contributed by atoms with Crippen molar-refractivity contribution in [3.8, 4) is 0 Å². The van der Waals surface area contributed by atoms with Gasteiger partial charge in [0.15, 0.2) is 0 Å². The third kappa shape index (κ3) is 5.02. The topological polar surface area (TPSA) is 68.0 Å². The number of carbonyl (C=O) groups excluding carboxylic acids is 1. The summed E-state index contributed by atoms with van der Waals surface area (Å²) in [5.41, 5.74) is 1.21. The van der Waals surface area contributed by atoms with Crippen LogP contribution in [-0.2, 0) is 12.8 Å². The minimum atomic E-state index is -0.287. The lowest BCUT2D eigenvalue weighted by molar-refractivity contribution is 0.0916. The molecule has 1 heterocycles. The Morgan fingerprint density at radius 3 is 2.71 bits per heavy atom. The smallest absolute Gasteiger partial charge is 0.308 e. The quantitative estimate of drug-likeness (QED) is 0.758. The standard InChI is InChI=1S/C16H21N3O2/c1-2-3-7-12-17-15(20)16-19-18-14(21-16)11-10-13-8-5-4-6-9-13/h4-6,8-9H,2-3,7,10-12H2,1H3,(H,17,20). The third-order valence-corrected chi connectivity index (χ3v) is 3.20. The first-order chi connectivity index (χ1) is 10.3. The first-order valence-corrected chi connectivity index (χ1v) is 7.44. The maximum atomic E-state index is 11.8. The van der Waals surface area contributed by atoms with E-state index in [0.29, 0.717) is 18.9 Å². The Morgan fingerprint density at radius 2 is 1.95 bits per heavy atom. The zero-order chi connectivity index (χ0) is 14.9. The molecule has 0 aliphatic carbocycles. The number of hydrogen-bond acceptors (Lipinski definition) is 4. The number of benzene rings is 1. The second kappa shape index (κ2) is 8.19. The lowest BCUT2D eigenvalue weighted by Gasteiger charge is -2.00. The number of rotatable bonds is 8. The molecule has 5 nitrogen and oxygen atoms in total. The lowest BCUT2D eigenvalue weighted by atomic mass is 10.1. The Morgan fingerprint density at radius 1 is 1.14 bits per heavy atom. The van der Waals surface area contributed by atoms with Gasteiger partial charge in [0.2, 0.25) is 5.89 Å². The average molecular weight is 287 g/mol. The van der Waals surface area contributed by atoms with Crippen LogP contribution in [0.15, 0.2) is 34.7 Å². The minimum Gasteiger partial charge on any atom is -0.417 e. The SMILES string of the molecule is CCCCCNC(=O)c1nnc(CCc2ccccc2)o1. The van der Waals surface area contributed by atoms with E-state index in [1.54, 1.807) is 0 Å². The van der Waals surface area contributed by atoms with Gasteiger partial charge in [0, 0.05) is 13.0 Å². The highest BCUT2D eigenvalue weighted by molar-refractivity contribution is 5.89. The number of hydrogen-bond donors (Lipinski definition) is 1. The number of aryl methyl sites for hydroxylation is 2. The third-order valence-electron chi connectivity index (χ3n) is 3.20. The molecule has 0 fully saturated rings. The molecule has 5 heteroatoms. The lowest BCUT2D eigenvalue weighted by Crippen LogP contribution is -2.24. The zero-order valence-electron chi connectivity index (χ0n) is 12.3. The summed E-state index contributed by atoms with van der Waals surface area (Å²) in [6.07, 6.45) is 4.66. The maximum Gasteiger partial charge on any atom is 0.308 e. The molecule has 2 rings (SSSR count). The average Bonchev–Trinajstić information content (AvgIpc) is 2.99. The predicted octanol–water partition coefficient (Wildman–Crippen LogP) is 2.77. The molecule has 0 saturated carbocycles. The minimum absolute atomic E-state index is 0.0505. The Kier molecular flexibility index (Phi) is 5.94. The van der Waals surface area contributed by atoms with E-state index >= 15 is 0 Å². The van der Waals surface area contributed by atoms with Crippen LogP contribution in [0, 0.1) is 0 Å². The molecule has 1 aromatic carbocycles. The van der Waals surface area contributed by atoms with E-state index in [2.05, 4.69) is 34.6 Å². The summed E-state index contributed by atoms with van der Waals surface area (Å²) in [7, 11) is 0. The van der Waals surface area contributed by atoms with E-state index in [0.717, 1.165) is 25.7 Å². The fraction of sp³-hybridized carbons (Fsp3) is 0.438. The van der Waals surface area contributed by atoms with Gasteiger partial charge in [-0.25, -0.2) is 0 Å². The first kappa shape index (κ1) is 15.2. The van der Waals surface area contributed by atoms with Crippen LogP contribution >= 0.6 is 0 Å². The van der Waals surface area contributed by atoms with Crippen molar-refractivity contribution in [3.05, 3.63) is 47.7 Å². The van der Waals surface area contributed by atoms with Crippen LogP contribution in [0.2, 0.25) is 0 Å². The number of carbonyl (C=O) groups is 1. The van der Waals surface area contributed by atoms with Gasteiger partial charge in [-0.2, -0.15) is 0 Å². The Bertz CT molecular complexity index is 552. The van der Waals surface area contributed by atoms with Gasteiger partial charge < -0.3 is 9.73 Å². The van der Waals surface area contributed by atoms with Crippen molar-refractivity contribution >= 4 is 5.91 Å². The van der Waals surface area contributed by atoms with E-state index in [1.165, 1.54) is 5.56 Å². The van der Waals surface area contributed by atoms with Gasteiger partial charge in [0.05, 0.1) is 0 Å². The molecule has 0 bridgehead atoms. The van der Waals surface area contributed by atoms with E-state index in [9.17, 15) is 4.79 Å².